The first-order valence-corrected chi connectivity index (χ1v) is 3.27. The fourth-order valence-corrected chi connectivity index (χ4v) is 0.979. The van der Waals surface area contributed by atoms with Crippen molar-refractivity contribution in [2.24, 2.45) is 0 Å². The molecule has 0 saturated carbocycles. The Labute approximate surface area is 50.9 Å². The lowest BCUT2D eigenvalue weighted by atomic mass is 10.4. The van der Waals surface area contributed by atoms with Crippen molar-refractivity contribution < 1.29 is 4.90 Å². The molecule has 2 N–H and O–H groups in total. The van der Waals surface area contributed by atoms with Gasteiger partial charge in [-0.05, 0) is 0 Å². The van der Waals surface area contributed by atoms with Crippen molar-refractivity contribution in [1.82, 2.24) is 5.32 Å². The van der Waals surface area contributed by atoms with Crippen LogP contribution in [0.3, 0.4) is 0 Å². The van der Waals surface area contributed by atoms with E-state index in [9.17, 15) is 0 Å². The lowest BCUT2D eigenvalue weighted by Gasteiger charge is -2.16. The Bertz CT molecular complexity index is 55.5. The van der Waals surface area contributed by atoms with Crippen LogP contribution in [0.4, 0.5) is 0 Å². The first-order valence-electron chi connectivity index (χ1n) is 3.27. The summed E-state index contributed by atoms with van der Waals surface area (Å²) in [6.07, 6.45) is 1.28. The molecule has 0 aromatic rings. The minimum absolute atomic E-state index is 1.14. The van der Waals surface area contributed by atoms with Crippen molar-refractivity contribution in [3.05, 3.63) is 7.05 Å². The number of hydrogen-bond donors (Lipinski definition) is 2. The molecule has 0 radical (unpaired) electrons. The van der Waals surface area contributed by atoms with Crippen LogP contribution in [-0.4, -0.2) is 26.2 Å². The van der Waals surface area contributed by atoms with Crippen molar-refractivity contribution in [2.75, 3.05) is 26.2 Å². The average molecular weight is 114 g/mol. The predicted molar refractivity (Wildman–Crippen MR) is 33.5 cm³/mol. The molecule has 8 heavy (non-hydrogen) atoms. The Balaban J connectivity index is 2.17. The van der Waals surface area contributed by atoms with Crippen LogP contribution in [0.2, 0.25) is 0 Å². The summed E-state index contributed by atoms with van der Waals surface area (Å²) in [5.74, 6) is 0. The van der Waals surface area contributed by atoms with Gasteiger partial charge in [0.2, 0.25) is 0 Å². The van der Waals surface area contributed by atoms with Gasteiger partial charge in [-0.1, -0.05) is 0 Å². The van der Waals surface area contributed by atoms with Gasteiger partial charge < -0.3 is 10.2 Å². The standard InChI is InChI=1S/C6H14N2/c1-8-5-2-3-7-4-6-8/h7-8H,1-6H2. The van der Waals surface area contributed by atoms with Crippen LogP contribution in [0.5, 0.6) is 0 Å². The highest BCUT2D eigenvalue weighted by molar-refractivity contribution is 4.49. The molecule has 1 aliphatic heterocycles. The van der Waals surface area contributed by atoms with Gasteiger partial charge in [-0.15, -0.1) is 0 Å². The molecule has 0 aromatic heterocycles. The van der Waals surface area contributed by atoms with E-state index in [1.54, 1.807) is 0 Å². The zero-order valence-electron chi connectivity index (χ0n) is 5.24. The molecule has 0 amide bonds. The molecule has 2 nitrogen and oxygen atoms in total. The van der Waals surface area contributed by atoms with Gasteiger partial charge in [0.1, 0.15) is 0 Å². The van der Waals surface area contributed by atoms with E-state index < -0.39 is 0 Å². The third kappa shape index (κ3) is 1.80. The molecule has 0 spiro atoms. The Morgan fingerprint density at radius 3 is 3.00 bits per heavy atom. The van der Waals surface area contributed by atoms with Crippen molar-refractivity contribution in [1.29, 1.82) is 0 Å². The average Bonchev–Trinajstić information content (AvgIpc) is 1.94. The van der Waals surface area contributed by atoms with Crippen molar-refractivity contribution >= 4 is 0 Å². The Morgan fingerprint density at radius 1 is 1.25 bits per heavy atom. The molecule has 0 bridgehead atoms. The van der Waals surface area contributed by atoms with E-state index in [1.165, 1.54) is 31.0 Å². The maximum absolute atomic E-state index is 3.93. The Hall–Kier alpha value is -0.0800. The van der Waals surface area contributed by atoms with Crippen LogP contribution in [0.1, 0.15) is 6.42 Å². The number of quaternary nitrogens is 1. The van der Waals surface area contributed by atoms with Crippen LogP contribution in [0, 0.1) is 7.05 Å². The topological polar surface area (TPSA) is 16.5 Å². The third-order valence-corrected chi connectivity index (χ3v) is 1.54. The largest absolute Gasteiger partial charge is 0.467 e. The highest BCUT2D eigenvalue weighted by Gasteiger charge is 1.99. The third-order valence-electron chi connectivity index (χ3n) is 1.54. The summed E-state index contributed by atoms with van der Waals surface area (Å²) in [6.45, 7) is 4.73. The number of nitrogens with one attached hydrogen (secondary N) is 2. The van der Waals surface area contributed by atoms with Gasteiger partial charge in [0.15, 0.2) is 0 Å². The van der Waals surface area contributed by atoms with Gasteiger partial charge in [0.05, 0.1) is 13.1 Å². The summed E-state index contributed by atoms with van der Waals surface area (Å²) in [4.78, 5) is 1.41. The fraction of sp³-hybridized carbons (Fsp3) is 0.833. The van der Waals surface area contributed by atoms with Gasteiger partial charge >= 0.3 is 0 Å². The molecule has 1 saturated heterocycles. The molecular formula is C6H14N2. The summed E-state index contributed by atoms with van der Waals surface area (Å²) >= 11 is 0. The second-order valence-electron chi connectivity index (χ2n) is 2.35. The van der Waals surface area contributed by atoms with E-state index >= 15 is 0 Å². The SMILES string of the molecule is [CH2-][NH+]1CCCNCC1. The molecule has 1 unspecified atom stereocenters. The Kier molecular flexibility index (Phi) is 2.30. The summed E-state index contributed by atoms with van der Waals surface area (Å²) < 4.78 is 0. The number of rotatable bonds is 0. The molecule has 1 aliphatic rings. The van der Waals surface area contributed by atoms with Crippen LogP contribution in [0.15, 0.2) is 0 Å². The van der Waals surface area contributed by atoms with Gasteiger partial charge in [-0.2, -0.15) is 7.05 Å². The second-order valence-corrected chi connectivity index (χ2v) is 2.35. The van der Waals surface area contributed by atoms with Crippen LogP contribution in [-0.2, 0) is 0 Å². The van der Waals surface area contributed by atoms with E-state index in [1.807, 2.05) is 0 Å². The van der Waals surface area contributed by atoms with Crippen molar-refractivity contribution in [2.45, 2.75) is 6.42 Å². The quantitative estimate of drug-likeness (QED) is 0.372. The maximum atomic E-state index is 3.93. The normalized spacial score (nSPS) is 31.9. The lowest BCUT2D eigenvalue weighted by Crippen LogP contribution is -3.07. The van der Waals surface area contributed by atoms with E-state index in [4.69, 9.17) is 0 Å². The van der Waals surface area contributed by atoms with Gasteiger partial charge in [0.25, 0.3) is 0 Å². The zero-order valence-corrected chi connectivity index (χ0v) is 5.24. The molecule has 1 heterocycles. The van der Waals surface area contributed by atoms with E-state index in [0.717, 1.165) is 6.54 Å². The zero-order chi connectivity index (χ0) is 5.82. The number of hydrogen-bond acceptors (Lipinski definition) is 1. The monoisotopic (exact) mass is 114 g/mol. The second kappa shape index (κ2) is 3.05. The van der Waals surface area contributed by atoms with Gasteiger partial charge in [-0.3, -0.25) is 0 Å². The van der Waals surface area contributed by atoms with Gasteiger partial charge in [0, 0.05) is 19.5 Å². The smallest absolute Gasteiger partial charge is 0.0657 e. The summed E-state index contributed by atoms with van der Waals surface area (Å²) in [5, 5.41) is 3.32. The van der Waals surface area contributed by atoms with Crippen molar-refractivity contribution in [3.63, 3.8) is 0 Å². The van der Waals surface area contributed by atoms with Crippen LogP contribution < -0.4 is 10.2 Å². The van der Waals surface area contributed by atoms with E-state index in [-0.39, 0.29) is 0 Å². The van der Waals surface area contributed by atoms with Gasteiger partial charge in [-0.25, -0.2) is 0 Å². The molecule has 1 atom stereocenters. The summed E-state index contributed by atoms with van der Waals surface area (Å²) in [7, 11) is 3.93. The first-order chi connectivity index (χ1) is 3.89. The van der Waals surface area contributed by atoms with Crippen LogP contribution >= 0.6 is 0 Å². The highest BCUT2D eigenvalue weighted by Crippen LogP contribution is 1.71. The Morgan fingerprint density at radius 2 is 2.12 bits per heavy atom. The van der Waals surface area contributed by atoms with E-state index in [0.29, 0.717) is 0 Å². The van der Waals surface area contributed by atoms with E-state index in [2.05, 4.69) is 12.4 Å². The maximum Gasteiger partial charge on any atom is 0.0657 e. The van der Waals surface area contributed by atoms with Crippen molar-refractivity contribution in [3.8, 4) is 0 Å². The summed E-state index contributed by atoms with van der Waals surface area (Å²) in [6, 6.07) is 0. The fourth-order valence-electron chi connectivity index (χ4n) is 0.979. The molecule has 48 valence electrons. The molecule has 0 aromatic carbocycles. The lowest BCUT2D eigenvalue weighted by molar-refractivity contribution is -0.851. The predicted octanol–water partition coefficient (Wildman–Crippen LogP) is -1.34. The molecule has 2 heteroatoms. The highest BCUT2D eigenvalue weighted by atomic mass is 15.1. The van der Waals surface area contributed by atoms with Crippen LogP contribution in [0.25, 0.3) is 0 Å². The first kappa shape index (κ1) is 6.05. The molecule has 1 rings (SSSR count). The minimum atomic E-state index is 1.14. The molecule has 1 fully saturated rings. The summed E-state index contributed by atoms with van der Waals surface area (Å²) in [5.41, 5.74) is 0. The molecular weight excluding hydrogens is 100 g/mol. The molecule has 0 aliphatic carbocycles. The minimum Gasteiger partial charge on any atom is -0.467 e.